The van der Waals surface area contributed by atoms with E-state index in [2.05, 4.69) is 5.32 Å². The first-order valence-corrected chi connectivity index (χ1v) is 6.13. The first kappa shape index (κ1) is 14.6. The van der Waals surface area contributed by atoms with Crippen LogP contribution in [0.5, 0.6) is 11.5 Å². The molecule has 110 valence electrons. The maximum Gasteiger partial charge on any atom is 0.330 e. The van der Waals surface area contributed by atoms with Gasteiger partial charge in [0.05, 0.1) is 12.8 Å². The highest BCUT2D eigenvalue weighted by molar-refractivity contribution is 5.80. The summed E-state index contributed by atoms with van der Waals surface area (Å²) >= 11 is 0. The van der Waals surface area contributed by atoms with E-state index in [4.69, 9.17) is 4.74 Å². The zero-order valence-corrected chi connectivity index (χ0v) is 11.2. The number of nitrogens with one attached hydrogen (secondary N) is 1. The summed E-state index contributed by atoms with van der Waals surface area (Å²) in [6.07, 6.45) is 0. The molecule has 2 aromatic rings. The summed E-state index contributed by atoms with van der Waals surface area (Å²) in [4.78, 5) is 11.4. The number of methoxy groups -OCH3 is 1. The highest BCUT2D eigenvalue weighted by Crippen LogP contribution is 2.29. The van der Waals surface area contributed by atoms with Gasteiger partial charge in [0.25, 0.3) is 0 Å². The number of anilines is 1. The number of aromatic hydroxyl groups is 1. The monoisotopic (exact) mass is 291 g/mol. The van der Waals surface area contributed by atoms with E-state index in [9.17, 15) is 19.4 Å². The Labute approximate surface area is 120 Å². The molecule has 1 unspecified atom stereocenters. The van der Waals surface area contributed by atoms with Crippen LogP contribution < -0.4 is 10.1 Å². The minimum atomic E-state index is -1.18. The minimum Gasteiger partial charge on any atom is -0.505 e. The second-order valence-corrected chi connectivity index (χ2v) is 4.33. The van der Waals surface area contributed by atoms with Crippen molar-refractivity contribution in [2.24, 2.45) is 0 Å². The topological polar surface area (TPSA) is 78.8 Å². The van der Waals surface area contributed by atoms with Crippen LogP contribution in [0.1, 0.15) is 11.6 Å². The molecule has 2 aromatic carbocycles. The van der Waals surface area contributed by atoms with Crippen LogP contribution >= 0.6 is 0 Å². The second-order valence-electron chi connectivity index (χ2n) is 4.33. The number of hydrogen-bond acceptors (Lipinski definition) is 4. The van der Waals surface area contributed by atoms with E-state index in [1.165, 1.54) is 13.2 Å². The standard InChI is InChI=1S/C15H14FNO4/c1-21-13-5-3-2-4-11(13)17-14(15(19)20)9-6-7-12(18)10(16)8-9/h2-8,14,17-18H,1H3,(H,19,20). The predicted molar refractivity (Wildman–Crippen MR) is 75.1 cm³/mol. The van der Waals surface area contributed by atoms with Crippen molar-refractivity contribution in [1.29, 1.82) is 0 Å². The molecule has 0 heterocycles. The van der Waals surface area contributed by atoms with Gasteiger partial charge in [-0.2, -0.15) is 0 Å². The zero-order chi connectivity index (χ0) is 15.4. The van der Waals surface area contributed by atoms with Gasteiger partial charge in [-0.05, 0) is 29.8 Å². The molecule has 0 aliphatic rings. The quantitative estimate of drug-likeness (QED) is 0.789. The Morgan fingerprint density at radius 3 is 2.62 bits per heavy atom. The molecule has 0 spiro atoms. The third-order valence-electron chi connectivity index (χ3n) is 2.96. The number of rotatable bonds is 5. The molecule has 0 radical (unpaired) electrons. The molecular formula is C15H14FNO4. The fraction of sp³-hybridized carbons (Fsp3) is 0.133. The van der Waals surface area contributed by atoms with Crippen LogP contribution in [-0.4, -0.2) is 23.3 Å². The number of para-hydroxylation sites is 2. The van der Waals surface area contributed by atoms with E-state index < -0.39 is 23.6 Å². The first-order valence-electron chi connectivity index (χ1n) is 6.13. The lowest BCUT2D eigenvalue weighted by atomic mass is 10.1. The highest BCUT2D eigenvalue weighted by Gasteiger charge is 2.22. The van der Waals surface area contributed by atoms with E-state index in [0.29, 0.717) is 11.4 Å². The third kappa shape index (κ3) is 3.22. The molecule has 2 rings (SSSR count). The van der Waals surface area contributed by atoms with E-state index >= 15 is 0 Å². The van der Waals surface area contributed by atoms with Crippen molar-refractivity contribution in [3.8, 4) is 11.5 Å². The van der Waals surface area contributed by atoms with Crippen LogP contribution in [0, 0.1) is 5.82 Å². The normalized spacial score (nSPS) is 11.7. The lowest BCUT2D eigenvalue weighted by Gasteiger charge is -2.18. The minimum absolute atomic E-state index is 0.184. The van der Waals surface area contributed by atoms with E-state index in [-0.39, 0.29) is 5.56 Å². The fourth-order valence-electron chi connectivity index (χ4n) is 1.91. The summed E-state index contributed by atoms with van der Waals surface area (Å²) in [5.41, 5.74) is 0.657. The van der Waals surface area contributed by atoms with Gasteiger partial charge >= 0.3 is 5.97 Å². The van der Waals surface area contributed by atoms with Crippen molar-refractivity contribution in [3.63, 3.8) is 0 Å². The van der Waals surface area contributed by atoms with Crippen LogP contribution in [0.15, 0.2) is 42.5 Å². The number of phenols is 1. The second kappa shape index (κ2) is 6.13. The molecule has 5 nitrogen and oxygen atoms in total. The molecule has 3 N–H and O–H groups in total. The molecule has 0 saturated heterocycles. The van der Waals surface area contributed by atoms with Crippen molar-refractivity contribution in [2.75, 3.05) is 12.4 Å². The van der Waals surface area contributed by atoms with Gasteiger partial charge in [-0.3, -0.25) is 0 Å². The average molecular weight is 291 g/mol. The maximum absolute atomic E-state index is 13.4. The summed E-state index contributed by atoms with van der Waals surface area (Å²) < 4.78 is 18.5. The number of carboxylic acids is 1. The molecule has 0 saturated carbocycles. The molecule has 0 amide bonds. The molecular weight excluding hydrogens is 277 g/mol. The Morgan fingerprint density at radius 1 is 1.29 bits per heavy atom. The van der Waals surface area contributed by atoms with Crippen LogP contribution in [0.25, 0.3) is 0 Å². The van der Waals surface area contributed by atoms with Gasteiger partial charge in [0, 0.05) is 0 Å². The maximum atomic E-state index is 13.4. The molecule has 0 aliphatic heterocycles. The summed E-state index contributed by atoms with van der Waals surface area (Å²) in [5.74, 6) is -2.10. The van der Waals surface area contributed by atoms with E-state index in [1.807, 2.05) is 0 Å². The summed E-state index contributed by atoms with van der Waals surface area (Å²) in [5, 5.41) is 21.3. The van der Waals surface area contributed by atoms with Crippen LogP contribution in [0.3, 0.4) is 0 Å². The van der Waals surface area contributed by atoms with E-state index in [0.717, 1.165) is 12.1 Å². The molecule has 0 aliphatic carbocycles. The molecule has 6 heteroatoms. The SMILES string of the molecule is COc1ccccc1NC(C(=O)O)c1ccc(O)c(F)c1. The van der Waals surface area contributed by atoms with Gasteiger partial charge in [-0.15, -0.1) is 0 Å². The number of hydrogen-bond donors (Lipinski definition) is 3. The lowest BCUT2D eigenvalue weighted by Crippen LogP contribution is -2.21. The smallest absolute Gasteiger partial charge is 0.330 e. The summed E-state index contributed by atoms with van der Waals surface area (Å²) in [6, 6.07) is 9.09. The highest BCUT2D eigenvalue weighted by atomic mass is 19.1. The molecule has 0 aromatic heterocycles. The van der Waals surface area contributed by atoms with Gasteiger partial charge in [-0.25, -0.2) is 9.18 Å². The van der Waals surface area contributed by atoms with Crippen molar-refractivity contribution in [1.82, 2.24) is 0 Å². The van der Waals surface area contributed by atoms with Crippen LogP contribution in [0.4, 0.5) is 10.1 Å². The van der Waals surface area contributed by atoms with E-state index in [1.54, 1.807) is 24.3 Å². The van der Waals surface area contributed by atoms with Gasteiger partial charge in [0.2, 0.25) is 0 Å². The Balaban J connectivity index is 2.35. The largest absolute Gasteiger partial charge is 0.505 e. The van der Waals surface area contributed by atoms with Crippen LogP contribution in [-0.2, 0) is 4.79 Å². The average Bonchev–Trinajstić information content (AvgIpc) is 2.48. The molecule has 0 bridgehead atoms. The van der Waals surface area contributed by atoms with Gasteiger partial charge in [-0.1, -0.05) is 18.2 Å². The first-order chi connectivity index (χ1) is 10.0. The Hall–Kier alpha value is -2.76. The number of carbonyl (C=O) groups is 1. The zero-order valence-electron chi connectivity index (χ0n) is 11.2. The number of halogens is 1. The third-order valence-corrected chi connectivity index (χ3v) is 2.96. The van der Waals surface area contributed by atoms with Gasteiger partial charge < -0.3 is 20.3 Å². The Kier molecular flexibility index (Phi) is 4.27. The molecule has 1 atom stereocenters. The lowest BCUT2D eigenvalue weighted by molar-refractivity contribution is -0.138. The van der Waals surface area contributed by atoms with Crippen molar-refractivity contribution in [2.45, 2.75) is 6.04 Å². The Morgan fingerprint density at radius 2 is 2.00 bits per heavy atom. The van der Waals surface area contributed by atoms with Crippen molar-refractivity contribution < 1.29 is 24.1 Å². The van der Waals surface area contributed by atoms with Gasteiger partial charge in [0.1, 0.15) is 5.75 Å². The number of aliphatic carboxylic acids is 1. The van der Waals surface area contributed by atoms with Crippen molar-refractivity contribution in [3.05, 3.63) is 53.8 Å². The molecule has 21 heavy (non-hydrogen) atoms. The number of phenolic OH excluding ortho intramolecular Hbond substituents is 1. The number of benzene rings is 2. The summed E-state index contributed by atoms with van der Waals surface area (Å²) in [6.45, 7) is 0. The van der Waals surface area contributed by atoms with Gasteiger partial charge in [0.15, 0.2) is 17.6 Å². The van der Waals surface area contributed by atoms with Crippen molar-refractivity contribution >= 4 is 11.7 Å². The van der Waals surface area contributed by atoms with Crippen LogP contribution in [0.2, 0.25) is 0 Å². The number of carboxylic acid groups (broad SMARTS) is 1. The molecule has 0 fully saturated rings. The summed E-state index contributed by atoms with van der Waals surface area (Å²) in [7, 11) is 1.47. The Bertz CT molecular complexity index is 660. The predicted octanol–water partition coefficient (Wildman–Crippen LogP) is 2.78. The fourth-order valence-corrected chi connectivity index (χ4v) is 1.91. The number of ether oxygens (including phenoxy) is 1.